The lowest BCUT2D eigenvalue weighted by Crippen LogP contribution is -2.21. The van der Waals surface area contributed by atoms with Crippen molar-refractivity contribution < 1.29 is 4.79 Å². The van der Waals surface area contributed by atoms with Gasteiger partial charge in [0.25, 0.3) is 5.91 Å². The van der Waals surface area contributed by atoms with E-state index in [1.807, 2.05) is 42.5 Å². The Labute approximate surface area is 150 Å². The molecule has 0 aliphatic heterocycles. The highest BCUT2D eigenvalue weighted by molar-refractivity contribution is 8.00. The highest BCUT2D eigenvalue weighted by Gasteiger charge is 2.08. The van der Waals surface area contributed by atoms with Gasteiger partial charge in [-0.1, -0.05) is 54.2 Å². The van der Waals surface area contributed by atoms with Gasteiger partial charge in [0.05, 0.1) is 5.69 Å². The maximum atomic E-state index is 11.9. The first-order valence-corrected chi connectivity index (χ1v) is 9.44. The van der Waals surface area contributed by atoms with Crippen LogP contribution in [0, 0.1) is 0 Å². The van der Waals surface area contributed by atoms with Gasteiger partial charge in [-0.2, -0.15) is 0 Å². The fourth-order valence-corrected chi connectivity index (χ4v) is 4.00. The van der Waals surface area contributed by atoms with Crippen molar-refractivity contribution in [1.82, 2.24) is 9.88 Å². The summed E-state index contributed by atoms with van der Waals surface area (Å²) in [4.78, 5) is 18.2. The Morgan fingerprint density at radius 2 is 1.79 bits per heavy atom. The fourth-order valence-electron chi connectivity index (χ4n) is 2.21. The topological polar surface area (TPSA) is 33.2 Å². The van der Waals surface area contributed by atoms with E-state index in [4.69, 9.17) is 0 Å². The normalized spacial score (nSPS) is 10.6. The number of carbonyl (C=O) groups excluding carboxylic acids is 1. The van der Waals surface area contributed by atoms with E-state index >= 15 is 0 Å². The summed E-state index contributed by atoms with van der Waals surface area (Å²) in [5.74, 6) is 0.875. The summed E-state index contributed by atoms with van der Waals surface area (Å²) in [5, 5.41) is 2.09. The molecule has 1 heterocycles. The minimum Gasteiger partial charge on any atom is -0.345 e. The molecule has 1 amide bonds. The van der Waals surface area contributed by atoms with Crippen LogP contribution in [0.3, 0.4) is 0 Å². The van der Waals surface area contributed by atoms with E-state index in [1.54, 1.807) is 42.1 Å². The Morgan fingerprint density at radius 1 is 1.08 bits per heavy atom. The Bertz CT molecular complexity index is 811. The number of amides is 1. The molecule has 0 saturated carbocycles. The molecule has 0 N–H and O–H groups in total. The van der Waals surface area contributed by atoms with Crippen molar-refractivity contribution in [2.75, 3.05) is 14.1 Å². The fraction of sp³-hybridized carbons (Fsp3) is 0.158. The molecule has 0 bridgehead atoms. The quantitative estimate of drug-likeness (QED) is 0.617. The van der Waals surface area contributed by atoms with E-state index in [-0.39, 0.29) is 5.91 Å². The standard InChI is InChI=1S/C19H18N2OS2/c1-21(2)18(22)16-10-8-14(9-11-16)12-23-19-20-17(13-24-19)15-6-4-3-5-7-15/h3-11,13H,12H2,1-2H3. The van der Waals surface area contributed by atoms with Crippen LogP contribution < -0.4 is 0 Å². The van der Waals surface area contributed by atoms with Crippen LogP contribution in [-0.2, 0) is 5.75 Å². The van der Waals surface area contributed by atoms with E-state index in [0.717, 1.165) is 26.9 Å². The zero-order valence-electron chi connectivity index (χ0n) is 13.6. The predicted molar refractivity (Wildman–Crippen MR) is 102 cm³/mol. The van der Waals surface area contributed by atoms with Crippen molar-refractivity contribution in [3.8, 4) is 11.3 Å². The van der Waals surface area contributed by atoms with Crippen molar-refractivity contribution in [2.45, 2.75) is 10.1 Å². The molecule has 0 aliphatic rings. The minimum atomic E-state index is 0.0293. The molecule has 0 aliphatic carbocycles. The Morgan fingerprint density at radius 3 is 2.46 bits per heavy atom. The molecule has 0 fully saturated rings. The molecule has 0 atom stereocenters. The van der Waals surface area contributed by atoms with Gasteiger partial charge in [0.15, 0.2) is 4.34 Å². The third-order valence-electron chi connectivity index (χ3n) is 3.52. The lowest BCUT2D eigenvalue weighted by molar-refractivity contribution is 0.0827. The SMILES string of the molecule is CN(C)C(=O)c1ccc(CSc2nc(-c3ccccc3)cs2)cc1. The molecule has 3 nitrogen and oxygen atoms in total. The van der Waals surface area contributed by atoms with Crippen molar-refractivity contribution in [3.63, 3.8) is 0 Å². The molecular formula is C19H18N2OS2. The lowest BCUT2D eigenvalue weighted by atomic mass is 10.1. The van der Waals surface area contributed by atoms with E-state index < -0.39 is 0 Å². The first-order valence-electron chi connectivity index (χ1n) is 7.58. The summed E-state index contributed by atoms with van der Waals surface area (Å²) < 4.78 is 1.06. The number of hydrogen-bond donors (Lipinski definition) is 0. The van der Waals surface area contributed by atoms with Crippen LogP contribution in [0.5, 0.6) is 0 Å². The average molecular weight is 354 g/mol. The predicted octanol–water partition coefficient (Wildman–Crippen LogP) is 4.80. The smallest absolute Gasteiger partial charge is 0.253 e. The van der Waals surface area contributed by atoms with Gasteiger partial charge in [-0.3, -0.25) is 4.79 Å². The second-order valence-electron chi connectivity index (χ2n) is 5.55. The van der Waals surface area contributed by atoms with Crippen LogP contribution in [0.1, 0.15) is 15.9 Å². The number of carbonyl (C=O) groups is 1. The van der Waals surface area contributed by atoms with E-state index in [0.29, 0.717) is 0 Å². The van der Waals surface area contributed by atoms with Gasteiger partial charge in [-0.05, 0) is 17.7 Å². The third kappa shape index (κ3) is 4.04. The van der Waals surface area contributed by atoms with Crippen LogP contribution in [-0.4, -0.2) is 29.9 Å². The average Bonchev–Trinajstić information content (AvgIpc) is 3.09. The summed E-state index contributed by atoms with van der Waals surface area (Å²) in [7, 11) is 3.53. The number of thiazole rings is 1. The molecule has 2 aromatic carbocycles. The maximum Gasteiger partial charge on any atom is 0.253 e. The van der Waals surface area contributed by atoms with Gasteiger partial charge >= 0.3 is 0 Å². The Kier molecular flexibility index (Phi) is 5.33. The molecule has 1 aromatic heterocycles. The molecule has 3 rings (SSSR count). The van der Waals surface area contributed by atoms with Crippen LogP contribution in [0.4, 0.5) is 0 Å². The largest absolute Gasteiger partial charge is 0.345 e. The van der Waals surface area contributed by atoms with Crippen LogP contribution in [0.2, 0.25) is 0 Å². The number of thioether (sulfide) groups is 1. The monoisotopic (exact) mass is 354 g/mol. The summed E-state index contributed by atoms with van der Waals surface area (Å²) in [5.41, 5.74) is 4.07. The van der Waals surface area contributed by atoms with E-state index in [9.17, 15) is 4.79 Å². The summed E-state index contributed by atoms with van der Waals surface area (Å²) in [6, 6.07) is 18.0. The minimum absolute atomic E-state index is 0.0293. The number of aromatic nitrogens is 1. The maximum absolute atomic E-state index is 11.9. The number of nitrogens with zero attached hydrogens (tertiary/aromatic N) is 2. The van der Waals surface area contributed by atoms with Gasteiger partial charge in [0.2, 0.25) is 0 Å². The zero-order chi connectivity index (χ0) is 16.9. The highest BCUT2D eigenvalue weighted by Crippen LogP contribution is 2.30. The van der Waals surface area contributed by atoms with Gasteiger partial charge in [0.1, 0.15) is 0 Å². The first-order chi connectivity index (χ1) is 11.6. The second kappa shape index (κ2) is 7.64. The number of hydrogen-bond acceptors (Lipinski definition) is 4. The van der Waals surface area contributed by atoms with E-state index in [1.165, 1.54) is 5.56 Å². The lowest BCUT2D eigenvalue weighted by Gasteiger charge is -2.10. The van der Waals surface area contributed by atoms with Crippen molar-refractivity contribution in [2.24, 2.45) is 0 Å². The second-order valence-corrected chi connectivity index (χ2v) is 7.63. The first kappa shape index (κ1) is 16.7. The zero-order valence-corrected chi connectivity index (χ0v) is 15.2. The summed E-state index contributed by atoms with van der Waals surface area (Å²) in [6.45, 7) is 0. The van der Waals surface area contributed by atoms with Crippen molar-refractivity contribution >= 4 is 29.0 Å². The van der Waals surface area contributed by atoms with Gasteiger partial charge in [-0.15, -0.1) is 11.3 Å². The number of benzene rings is 2. The summed E-state index contributed by atoms with van der Waals surface area (Å²) in [6.07, 6.45) is 0. The molecule has 24 heavy (non-hydrogen) atoms. The molecule has 5 heteroatoms. The molecule has 3 aromatic rings. The Hall–Kier alpha value is -2.11. The van der Waals surface area contributed by atoms with Crippen molar-refractivity contribution in [1.29, 1.82) is 0 Å². The molecule has 0 spiro atoms. The van der Waals surface area contributed by atoms with Gasteiger partial charge < -0.3 is 4.90 Å². The molecule has 0 unspecified atom stereocenters. The van der Waals surface area contributed by atoms with Gasteiger partial charge in [0, 0.05) is 36.4 Å². The summed E-state index contributed by atoms with van der Waals surface area (Å²) >= 11 is 3.39. The van der Waals surface area contributed by atoms with Crippen LogP contribution in [0.15, 0.2) is 64.3 Å². The molecule has 0 radical (unpaired) electrons. The Balaban J connectivity index is 1.62. The van der Waals surface area contributed by atoms with Crippen LogP contribution in [0.25, 0.3) is 11.3 Å². The van der Waals surface area contributed by atoms with Crippen LogP contribution >= 0.6 is 23.1 Å². The third-order valence-corrected chi connectivity index (χ3v) is 5.61. The van der Waals surface area contributed by atoms with E-state index in [2.05, 4.69) is 22.5 Å². The highest BCUT2D eigenvalue weighted by atomic mass is 32.2. The van der Waals surface area contributed by atoms with Gasteiger partial charge in [-0.25, -0.2) is 4.98 Å². The molecular weight excluding hydrogens is 336 g/mol. The molecule has 0 saturated heterocycles. The van der Waals surface area contributed by atoms with Crippen molar-refractivity contribution in [3.05, 3.63) is 71.1 Å². The molecule has 122 valence electrons. The number of rotatable bonds is 5.